The average Bonchev–Trinajstić information content (AvgIpc) is 2.93. The molecular weight excluding hydrogens is 280 g/mol. The summed E-state index contributed by atoms with van der Waals surface area (Å²) in [6.07, 6.45) is 4.15. The topological polar surface area (TPSA) is 79.2 Å². The van der Waals surface area contributed by atoms with Crippen molar-refractivity contribution in [3.63, 3.8) is 0 Å². The second-order valence-electron chi connectivity index (χ2n) is 5.84. The summed E-state index contributed by atoms with van der Waals surface area (Å²) < 4.78 is 1.84. The number of carbonyl (C=O) groups is 1. The van der Waals surface area contributed by atoms with E-state index in [1.54, 1.807) is 6.20 Å². The Bertz CT molecular complexity index is 591. The molecule has 1 heterocycles. The molecule has 0 saturated carbocycles. The molecule has 0 aliphatic carbocycles. The first-order chi connectivity index (χ1) is 10.5. The molecule has 1 aromatic carbocycles. The predicted octanol–water partition coefficient (Wildman–Crippen LogP) is 2.21. The quantitative estimate of drug-likeness (QED) is 0.765. The smallest absolute Gasteiger partial charge is 0.319 e. The largest absolute Gasteiger partial charge is 0.396 e. The number of hydrogen-bond acceptors (Lipinski definition) is 3. The first-order valence-electron chi connectivity index (χ1n) is 7.25. The average molecular weight is 302 g/mol. The number of aliphatic hydroxyl groups is 1. The van der Waals surface area contributed by atoms with Crippen molar-refractivity contribution in [2.24, 2.45) is 0 Å². The molecule has 2 amide bonds. The predicted molar refractivity (Wildman–Crippen MR) is 85.7 cm³/mol. The van der Waals surface area contributed by atoms with Crippen LogP contribution in [0.25, 0.3) is 0 Å². The maximum Gasteiger partial charge on any atom is 0.319 e. The number of anilines is 1. The van der Waals surface area contributed by atoms with Crippen LogP contribution in [-0.4, -0.2) is 33.1 Å². The maximum atomic E-state index is 11.9. The molecule has 1 aromatic heterocycles. The summed E-state index contributed by atoms with van der Waals surface area (Å²) in [5, 5.41) is 18.7. The van der Waals surface area contributed by atoms with E-state index in [1.165, 1.54) is 0 Å². The van der Waals surface area contributed by atoms with Crippen LogP contribution in [0.15, 0.2) is 42.7 Å². The molecule has 0 atom stereocenters. The number of aliphatic hydroxyl groups excluding tert-OH is 1. The second kappa shape index (κ2) is 7.09. The van der Waals surface area contributed by atoms with Gasteiger partial charge in [-0.2, -0.15) is 5.10 Å². The molecule has 22 heavy (non-hydrogen) atoms. The molecule has 0 saturated heterocycles. The minimum Gasteiger partial charge on any atom is -0.396 e. The Morgan fingerprint density at radius 1 is 1.32 bits per heavy atom. The molecule has 0 radical (unpaired) electrons. The molecule has 2 rings (SSSR count). The maximum absolute atomic E-state index is 11.9. The number of aromatic nitrogens is 2. The van der Waals surface area contributed by atoms with Crippen LogP contribution in [0.1, 0.15) is 25.8 Å². The van der Waals surface area contributed by atoms with E-state index in [4.69, 9.17) is 5.11 Å². The van der Waals surface area contributed by atoms with Crippen LogP contribution in [0.4, 0.5) is 10.5 Å². The van der Waals surface area contributed by atoms with Crippen molar-refractivity contribution in [3.05, 3.63) is 48.3 Å². The van der Waals surface area contributed by atoms with Gasteiger partial charge in [-0.05, 0) is 44.0 Å². The third-order valence-electron chi connectivity index (χ3n) is 3.30. The second-order valence-corrected chi connectivity index (χ2v) is 5.84. The minimum absolute atomic E-state index is 0.0371. The van der Waals surface area contributed by atoms with Gasteiger partial charge in [0.1, 0.15) is 0 Å². The minimum atomic E-state index is -0.446. The lowest BCUT2D eigenvalue weighted by Crippen LogP contribution is -2.46. The third-order valence-corrected chi connectivity index (χ3v) is 3.30. The van der Waals surface area contributed by atoms with Crippen LogP contribution < -0.4 is 10.6 Å². The van der Waals surface area contributed by atoms with E-state index in [0.717, 1.165) is 11.3 Å². The Kier molecular flexibility index (Phi) is 5.16. The van der Waals surface area contributed by atoms with Crippen molar-refractivity contribution in [3.8, 4) is 0 Å². The summed E-state index contributed by atoms with van der Waals surface area (Å²) in [5.41, 5.74) is 1.38. The Morgan fingerprint density at radius 2 is 2.05 bits per heavy atom. The number of urea groups is 1. The Morgan fingerprint density at radius 3 is 2.64 bits per heavy atom. The monoisotopic (exact) mass is 302 g/mol. The molecule has 0 aliphatic heterocycles. The van der Waals surface area contributed by atoms with Gasteiger partial charge in [0, 0.05) is 30.2 Å². The molecule has 0 spiro atoms. The van der Waals surface area contributed by atoms with Gasteiger partial charge in [0.2, 0.25) is 0 Å². The zero-order valence-electron chi connectivity index (χ0n) is 12.9. The third kappa shape index (κ3) is 4.89. The van der Waals surface area contributed by atoms with E-state index in [2.05, 4.69) is 15.7 Å². The molecule has 0 bridgehead atoms. The van der Waals surface area contributed by atoms with E-state index in [0.29, 0.717) is 13.0 Å². The zero-order valence-corrected chi connectivity index (χ0v) is 12.9. The number of benzene rings is 1. The number of nitrogens with zero attached hydrogens (tertiary/aromatic N) is 2. The summed E-state index contributed by atoms with van der Waals surface area (Å²) in [5.74, 6) is 0. The summed E-state index contributed by atoms with van der Waals surface area (Å²) >= 11 is 0. The van der Waals surface area contributed by atoms with Crippen LogP contribution in [-0.2, 0) is 6.54 Å². The normalized spacial score (nSPS) is 11.2. The van der Waals surface area contributed by atoms with Crippen molar-refractivity contribution in [2.45, 2.75) is 32.4 Å². The summed E-state index contributed by atoms with van der Waals surface area (Å²) in [6.45, 7) is 4.48. The molecule has 0 aliphatic rings. The van der Waals surface area contributed by atoms with Crippen LogP contribution in [0.2, 0.25) is 0 Å². The Labute approximate surface area is 130 Å². The van der Waals surface area contributed by atoms with Gasteiger partial charge in [0.15, 0.2) is 0 Å². The first-order valence-corrected chi connectivity index (χ1v) is 7.25. The van der Waals surface area contributed by atoms with Crippen molar-refractivity contribution in [1.29, 1.82) is 0 Å². The van der Waals surface area contributed by atoms with Gasteiger partial charge in [-0.1, -0.05) is 12.1 Å². The molecule has 118 valence electrons. The van der Waals surface area contributed by atoms with Crippen molar-refractivity contribution >= 4 is 11.7 Å². The van der Waals surface area contributed by atoms with Crippen LogP contribution in [0.3, 0.4) is 0 Å². The van der Waals surface area contributed by atoms with E-state index in [-0.39, 0.29) is 12.6 Å². The lowest BCUT2D eigenvalue weighted by molar-refractivity contribution is 0.218. The lowest BCUT2D eigenvalue weighted by atomic mass is 10.0. The van der Waals surface area contributed by atoms with E-state index >= 15 is 0 Å². The fourth-order valence-electron chi connectivity index (χ4n) is 2.09. The fourth-order valence-corrected chi connectivity index (χ4v) is 2.09. The number of amides is 2. The van der Waals surface area contributed by atoms with Gasteiger partial charge in [-0.15, -0.1) is 0 Å². The molecule has 6 heteroatoms. The number of hydrogen-bond donors (Lipinski definition) is 3. The number of carbonyl (C=O) groups excluding carboxylic acids is 1. The number of rotatable bonds is 6. The molecule has 3 N–H and O–H groups in total. The SMILES string of the molecule is CC(C)(CCO)NC(=O)Nc1ccc(Cn2cccn2)cc1. The van der Waals surface area contributed by atoms with Gasteiger partial charge in [-0.25, -0.2) is 4.79 Å². The highest BCUT2D eigenvalue weighted by Gasteiger charge is 2.19. The lowest BCUT2D eigenvalue weighted by Gasteiger charge is -2.25. The van der Waals surface area contributed by atoms with E-state index in [9.17, 15) is 4.79 Å². The first kappa shape index (κ1) is 16.0. The Hall–Kier alpha value is -2.34. The van der Waals surface area contributed by atoms with Gasteiger partial charge in [-0.3, -0.25) is 4.68 Å². The summed E-state index contributed by atoms with van der Waals surface area (Å²) in [6, 6.07) is 9.23. The van der Waals surface area contributed by atoms with Crippen LogP contribution >= 0.6 is 0 Å². The highest BCUT2D eigenvalue weighted by molar-refractivity contribution is 5.89. The van der Waals surface area contributed by atoms with Gasteiger partial charge in [0.25, 0.3) is 0 Å². The van der Waals surface area contributed by atoms with Crippen molar-refractivity contribution in [1.82, 2.24) is 15.1 Å². The van der Waals surface area contributed by atoms with Gasteiger partial charge < -0.3 is 15.7 Å². The fraction of sp³-hybridized carbons (Fsp3) is 0.375. The van der Waals surface area contributed by atoms with E-state index in [1.807, 2.05) is 55.1 Å². The molecule has 6 nitrogen and oxygen atoms in total. The highest BCUT2D eigenvalue weighted by Crippen LogP contribution is 2.12. The van der Waals surface area contributed by atoms with E-state index < -0.39 is 5.54 Å². The molecular formula is C16H22N4O2. The standard InChI is InChI=1S/C16H22N4O2/c1-16(2,8-11-21)19-15(22)18-14-6-4-13(5-7-14)12-20-10-3-9-17-20/h3-7,9-10,21H,8,11-12H2,1-2H3,(H2,18,19,22). The van der Waals surface area contributed by atoms with Crippen molar-refractivity contribution < 1.29 is 9.90 Å². The van der Waals surface area contributed by atoms with Gasteiger partial charge >= 0.3 is 6.03 Å². The molecule has 2 aromatic rings. The summed E-state index contributed by atoms with van der Waals surface area (Å²) in [4.78, 5) is 11.9. The highest BCUT2D eigenvalue weighted by atomic mass is 16.3. The summed E-state index contributed by atoms with van der Waals surface area (Å²) in [7, 11) is 0. The molecule has 0 unspecified atom stereocenters. The Balaban J connectivity index is 1.89. The molecule has 0 fully saturated rings. The zero-order chi connectivity index (χ0) is 16.0. The van der Waals surface area contributed by atoms with Crippen molar-refractivity contribution in [2.75, 3.05) is 11.9 Å². The van der Waals surface area contributed by atoms with Crippen LogP contribution in [0.5, 0.6) is 0 Å². The number of nitrogens with one attached hydrogen (secondary N) is 2. The van der Waals surface area contributed by atoms with Gasteiger partial charge in [0.05, 0.1) is 6.54 Å². The van der Waals surface area contributed by atoms with Crippen LogP contribution in [0, 0.1) is 0 Å².